The SMILES string of the molecule is CC(C)(c1nc(O)c(F)c(=O)[nH]1)N1CCNCC1. The van der Waals surface area contributed by atoms with Crippen LogP contribution < -0.4 is 10.9 Å². The van der Waals surface area contributed by atoms with Crippen LogP contribution in [0.15, 0.2) is 4.79 Å². The van der Waals surface area contributed by atoms with Crippen LogP contribution in [0.4, 0.5) is 4.39 Å². The minimum Gasteiger partial charge on any atom is -0.491 e. The smallest absolute Gasteiger partial charge is 0.291 e. The molecular weight excluding hydrogens is 239 g/mol. The van der Waals surface area contributed by atoms with E-state index >= 15 is 0 Å². The lowest BCUT2D eigenvalue weighted by molar-refractivity contribution is 0.0935. The lowest BCUT2D eigenvalue weighted by Gasteiger charge is -2.40. The number of piperazine rings is 1. The minimum atomic E-state index is -1.24. The maximum Gasteiger partial charge on any atom is 0.291 e. The van der Waals surface area contributed by atoms with E-state index in [0.29, 0.717) is 0 Å². The van der Waals surface area contributed by atoms with Crippen LogP contribution in [-0.2, 0) is 5.54 Å². The van der Waals surface area contributed by atoms with Crippen molar-refractivity contribution < 1.29 is 9.50 Å². The summed E-state index contributed by atoms with van der Waals surface area (Å²) in [5, 5.41) is 12.5. The van der Waals surface area contributed by atoms with Crippen molar-refractivity contribution >= 4 is 0 Å². The predicted octanol–water partition coefficient (Wildman–Crippen LogP) is -0.245. The molecule has 0 aromatic carbocycles. The normalized spacial score (nSPS) is 17.9. The Balaban J connectivity index is 2.37. The van der Waals surface area contributed by atoms with E-state index in [-0.39, 0.29) is 5.82 Å². The Bertz CT molecular complexity index is 494. The van der Waals surface area contributed by atoms with Crippen LogP contribution in [0.25, 0.3) is 0 Å². The molecular formula is C11H17FN4O2. The zero-order valence-corrected chi connectivity index (χ0v) is 10.5. The third-order valence-corrected chi connectivity index (χ3v) is 3.33. The fourth-order valence-corrected chi connectivity index (χ4v) is 2.11. The maximum atomic E-state index is 13.1. The van der Waals surface area contributed by atoms with Crippen LogP contribution in [0.5, 0.6) is 5.88 Å². The Morgan fingerprint density at radius 1 is 1.39 bits per heavy atom. The van der Waals surface area contributed by atoms with Gasteiger partial charge in [-0.1, -0.05) is 0 Å². The van der Waals surface area contributed by atoms with Crippen molar-refractivity contribution in [3.05, 3.63) is 22.0 Å². The molecule has 1 saturated heterocycles. The molecule has 1 aliphatic heterocycles. The molecule has 7 heteroatoms. The molecule has 0 unspecified atom stereocenters. The van der Waals surface area contributed by atoms with E-state index in [9.17, 15) is 14.3 Å². The van der Waals surface area contributed by atoms with E-state index < -0.39 is 22.8 Å². The van der Waals surface area contributed by atoms with E-state index in [0.717, 1.165) is 26.2 Å². The van der Waals surface area contributed by atoms with Crippen molar-refractivity contribution in [2.24, 2.45) is 0 Å². The molecule has 3 N–H and O–H groups in total. The van der Waals surface area contributed by atoms with E-state index in [1.165, 1.54) is 0 Å². The lowest BCUT2D eigenvalue weighted by atomic mass is 10.0. The quantitative estimate of drug-likeness (QED) is 0.680. The number of nitrogens with one attached hydrogen (secondary N) is 2. The van der Waals surface area contributed by atoms with Crippen LogP contribution in [0.3, 0.4) is 0 Å². The van der Waals surface area contributed by atoms with Crippen molar-refractivity contribution in [2.45, 2.75) is 19.4 Å². The first-order chi connectivity index (χ1) is 8.43. The molecule has 1 aliphatic rings. The second kappa shape index (κ2) is 4.66. The topological polar surface area (TPSA) is 81.2 Å². The molecule has 2 heterocycles. The van der Waals surface area contributed by atoms with Gasteiger partial charge in [0.05, 0.1) is 5.54 Å². The summed E-state index contributed by atoms with van der Waals surface area (Å²) in [6.07, 6.45) is 0. The Kier molecular flexibility index (Phi) is 3.36. The van der Waals surface area contributed by atoms with Crippen LogP contribution in [0, 0.1) is 5.82 Å². The molecule has 6 nitrogen and oxygen atoms in total. The zero-order valence-electron chi connectivity index (χ0n) is 10.5. The van der Waals surface area contributed by atoms with Crippen molar-refractivity contribution in [2.75, 3.05) is 26.2 Å². The number of halogens is 1. The second-order valence-electron chi connectivity index (χ2n) is 4.85. The summed E-state index contributed by atoms with van der Waals surface area (Å²) < 4.78 is 13.1. The number of aromatic nitrogens is 2. The van der Waals surface area contributed by atoms with Gasteiger partial charge in [-0.25, -0.2) is 0 Å². The number of nitrogens with zero attached hydrogens (tertiary/aromatic N) is 2. The van der Waals surface area contributed by atoms with Crippen molar-refractivity contribution in [1.82, 2.24) is 20.2 Å². The molecule has 18 heavy (non-hydrogen) atoms. The third-order valence-electron chi connectivity index (χ3n) is 3.33. The minimum absolute atomic E-state index is 0.272. The molecule has 0 radical (unpaired) electrons. The lowest BCUT2D eigenvalue weighted by Crippen LogP contribution is -2.52. The highest BCUT2D eigenvalue weighted by Crippen LogP contribution is 2.25. The standard InChI is InChI=1S/C11H17FN4O2/c1-11(2,16-5-3-13-4-6-16)10-14-8(17)7(12)9(18)15-10/h13H,3-6H2,1-2H3,(H2,14,15,17,18). The van der Waals surface area contributed by atoms with E-state index in [4.69, 9.17) is 0 Å². The summed E-state index contributed by atoms with van der Waals surface area (Å²) >= 11 is 0. The van der Waals surface area contributed by atoms with Gasteiger partial charge in [-0.15, -0.1) is 0 Å². The van der Waals surface area contributed by atoms with Gasteiger partial charge in [-0.2, -0.15) is 9.37 Å². The summed E-state index contributed by atoms with van der Waals surface area (Å²) in [6, 6.07) is 0. The van der Waals surface area contributed by atoms with Gasteiger partial charge in [0, 0.05) is 26.2 Å². The largest absolute Gasteiger partial charge is 0.491 e. The van der Waals surface area contributed by atoms with Gasteiger partial charge in [0.25, 0.3) is 11.4 Å². The summed E-state index contributed by atoms with van der Waals surface area (Å²) in [5.41, 5.74) is -1.51. The number of rotatable bonds is 2. The summed E-state index contributed by atoms with van der Waals surface area (Å²) in [4.78, 5) is 19.6. The summed E-state index contributed by atoms with van der Waals surface area (Å²) in [6.45, 7) is 7.06. The molecule has 0 saturated carbocycles. The Morgan fingerprint density at radius 3 is 2.56 bits per heavy atom. The summed E-state index contributed by atoms with van der Waals surface area (Å²) in [7, 11) is 0. The predicted molar refractivity (Wildman–Crippen MR) is 63.9 cm³/mol. The number of H-pyrrole nitrogens is 1. The average molecular weight is 256 g/mol. The molecule has 100 valence electrons. The van der Waals surface area contributed by atoms with Gasteiger partial charge in [-0.05, 0) is 13.8 Å². The van der Waals surface area contributed by atoms with Crippen LogP contribution >= 0.6 is 0 Å². The number of hydrogen-bond donors (Lipinski definition) is 3. The molecule has 1 aromatic rings. The van der Waals surface area contributed by atoms with Gasteiger partial charge >= 0.3 is 0 Å². The fraction of sp³-hybridized carbons (Fsp3) is 0.636. The third kappa shape index (κ3) is 2.23. The fourth-order valence-electron chi connectivity index (χ4n) is 2.11. The Morgan fingerprint density at radius 2 is 2.00 bits per heavy atom. The van der Waals surface area contributed by atoms with Crippen molar-refractivity contribution in [1.29, 1.82) is 0 Å². The maximum absolute atomic E-state index is 13.1. The van der Waals surface area contributed by atoms with Gasteiger partial charge in [0.2, 0.25) is 5.82 Å². The molecule has 1 fully saturated rings. The number of hydrogen-bond acceptors (Lipinski definition) is 5. The van der Waals surface area contributed by atoms with Crippen LogP contribution in [0.2, 0.25) is 0 Å². The Hall–Kier alpha value is -1.47. The van der Waals surface area contributed by atoms with Crippen LogP contribution in [-0.4, -0.2) is 46.2 Å². The average Bonchev–Trinajstić information content (AvgIpc) is 2.36. The van der Waals surface area contributed by atoms with E-state index in [1.54, 1.807) is 0 Å². The molecule has 0 spiro atoms. The zero-order chi connectivity index (χ0) is 13.3. The first-order valence-corrected chi connectivity index (χ1v) is 5.88. The van der Waals surface area contributed by atoms with E-state index in [2.05, 4.69) is 20.2 Å². The molecule has 0 bridgehead atoms. The van der Waals surface area contributed by atoms with Gasteiger partial charge < -0.3 is 15.4 Å². The molecule has 1 aromatic heterocycles. The van der Waals surface area contributed by atoms with Crippen molar-refractivity contribution in [3.63, 3.8) is 0 Å². The first-order valence-electron chi connectivity index (χ1n) is 5.88. The monoisotopic (exact) mass is 256 g/mol. The van der Waals surface area contributed by atoms with Gasteiger partial charge in [-0.3, -0.25) is 9.69 Å². The van der Waals surface area contributed by atoms with Gasteiger partial charge in [0.15, 0.2) is 0 Å². The highest BCUT2D eigenvalue weighted by Gasteiger charge is 2.33. The molecule has 0 atom stereocenters. The molecule has 0 amide bonds. The second-order valence-corrected chi connectivity index (χ2v) is 4.85. The highest BCUT2D eigenvalue weighted by atomic mass is 19.1. The van der Waals surface area contributed by atoms with E-state index in [1.807, 2.05) is 13.8 Å². The van der Waals surface area contributed by atoms with Crippen LogP contribution in [0.1, 0.15) is 19.7 Å². The number of aromatic hydroxyl groups is 1. The van der Waals surface area contributed by atoms with Gasteiger partial charge in [0.1, 0.15) is 5.82 Å². The Labute approximate surface area is 104 Å². The summed E-state index contributed by atoms with van der Waals surface area (Å²) in [5.74, 6) is -1.82. The highest BCUT2D eigenvalue weighted by molar-refractivity contribution is 5.14. The van der Waals surface area contributed by atoms with Crippen molar-refractivity contribution in [3.8, 4) is 5.88 Å². The molecule has 0 aliphatic carbocycles. The molecule has 2 rings (SSSR count). The number of aromatic amines is 1. The first kappa shape index (κ1) is 13.0.